The van der Waals surface area contributed by atoms with Gasteiger partial charge in [-0.15, -0.1) is 9.36 Å². The van der Waals surface area contributed by atoms with E-state index in [4.69, 9.17) is 0 Å². The lowest BCUT2D eigenvalue weighted by atomic mass is 10.4. The van der Waals surface area contributed by atoms with Gasteiger partial charge in [-0.1, -0.05) is 0 Å². The van der Waals surface area contributed by atoms with E-state index in [1.807, 2.05) is 0 Å². The van der Waals surface area contributed by atoms with Crippen molar-refractivity contribution in [1.82, 2.24) is 9.36 Å². The van der Waals surface area contributed by atoms with Gasteiger partial charge in [0.05, 0.1) is 11.4 Å². The zero-order valence-corrected chi connectivity index (χ0v) is 15.7. The molecule has 0 saturated heterocycles. The average molecular weight is 406 g/mol. The van der Waals surface area contributed by atoms with Gasteiger partial charge in [-0.2, -0.15) is 9.36 Å². The maximum Gasteiger partial charge on any atom is 0.205 e. The minimum Gasteiger partial charge on any atom is -1.00 e. The van der Waals surface area contributed by atoms with Crippen LogP contribution < -0.4 is 43.3 Å². The van der Waals surface area contributed by atoms with Gasteiger partial charge >= 0.3 is 0 Å². The zero-order chi connectivity index (χ0) is 12.9. The molecule has 0 saturated carbocycles. The van der Waals surface area contributed by atoms with Crippen molar-refractivity contribution in [1.29, 1.82) is 0 Å². The van der Waals surface area contributed by atoms with Crippen molar-refractivity contribution >= 4 is 0 Å². The minimum absolute atomic E-state index is 0. The van der Waals surface area contributed by atoms with Crippen LogP contribution >= 0.6 is 0 Å². The Morgan fingerprint density at radius 1 is 0.750 bits per heavy atom. The second-order valence-electron chi connectivity index (χ2n) is 5.35. The van der Waals surface area contributed by atoms with E-state index < -0.39 is 0 Å². The normalized spacial score (nSPS) is 13.4. The largest absolute Gasteiger partial charge is 1.00 e. The molecule has 0 spiro atoms. The fourth-order valence-electron chi connectivity index (χ4n) is 3.23. The molecule has 0 radical (unpaired) electrons. The summed E-state index contributed by atoms with van der Waals surface area (Å²) >= 11 is 0. The van der Waals surface area contributed by atoms with Gasteiger partial charge in [0.15, 0.2) is 13.1 Å². The summed E-state index contributed by atoms with van der Waals surface area (Å²) in [6.45, 7) is 13.0. The second kappa shape index (κ2) is 6.43. The monoisotopic (exact) mass is 404 g/mol. The number of aromatic nitrogens is 4. The van der Waals surface area contributed by atoms with Crippen LogP contribution in [0.2, 0.25) is 0 Å². The van der Waals surface area contributed by atoms with Crippen molar-refractivity contribution in [3.63, 3.8) is 0 Å². The van der Waals surface area contributed by atoms with E-state index in [1.165, 1.54) is 22.8 Å². The van der Waals surface area contributed by atoms with Gasteiger partial charge in [0.25, 0.3) is 0 Å². The van der Waals surface area contributed by atoms with E-state index in [9.17, 15) is 0 Å². The Bertz CT molecular complexity index is 510. The second-order valence-corrected chi connectivity index (χ2v) is 5.35. The summed E-state index contributed by atoms with van der Waals surface area (Å²) in [5.74, 6) is 0. The summed E-state index contributed by atoms with van der Waals surface area (Å²) in [5.41, 5.74) is 5.45. The lowest BCUT2D eigenvalue weighted by molar-refractivity contribution is -0.830. The van der Waals surface area contributed by atoms with Crippen molar-refractivity contribution in [3.8, 4) is 0 Å². The summed E-state index contributed by atoms with van der Waals surface area (Å²) in [5, 5.41) is 0. The van der Waals surface area contributed by atoms with Gasteiger partial charge in [-0.3, -0.25) is 0 Å². The fourth-order valence-corrected chi connectivity index (χ4v) is 3.23. The molecule has 6 heteroatoms. The quantitative estimate of drug-likeness (QED) is 0.390. The number of halogens is 2. The lowest BCUT2D eigenvalue weighted by Crippen LogP contribution is -3.00. The molecule has 0 N–H and O–H groups in total. The molecule has 112 valence electrons. The molecule has 2 aromatic rings. The van der Waals surface area contributed by atoms with Crippen LogP contribution in [0, 0.1) is 27.7 Å². The Morgan fingerprint density at radius 3 is 1.45 bits per heavy atom. The predicted molar refractivity (Wildman–Crippen MR) is 68.2 cm³/mol. The number of fused-ring (bicyclic) bond motifs is 2. The molecular weight excluding hydrogens is 384 g/mol. The number of hydrogen-bond acceptors (Lipinski definition) is 0. The summed E-state index contributed by atoms with van der Waals surface area (Å²) in [4.78, 5) is 0. The topological polar surface area (TPSA) is 17.6 Å². The molecule has 3 heterocycles. The highest BCUT2D eigenvalue weighted by Crippen LogP contribution is 2.05. The minimum atomic E-state index is 0. The number of rotatable bonds is 0. The standard InChI is InChI=1S/C14H22N4.2BrH/c1-11-9-12(2)16-7-8-18-14(4)10-13(3)17(18)6-5-15(11)16;;/h9-10H,5-8H2,1-4H3;2*1H/q+2;;/p-2. The third-order valence-corrected chi connectivity index (χ3v) is 4.09. The third-order valence-electron chi connectivity index (χ3n) is 4.09. The molecule has 0 bridgehead atoms. The molecule has 0 fully saturated rings. The summed E-state index contributed by atoms with van der Waals surface area (Å²) in [6, 6.07) is 4.57. The van der Waals surface area contributed by atoms with E-state index in [0.29, 0.717) is 0 Å². The predicted octanol–water partition coefficient (Wildman–Crippen LogP) is -5.18. The van der Waals surface area contributed by atoms with Crippen LogP contribution in [-0.4, -0.2) is 9.36 Å². The molecule has 0 unspecified atom stereocenters. The first kappa shape index (κ1) is 17.4. The van der Waals surface area contributed by atoms with Gasteiger partial charge in [-0.25, -0.2) is 0 Å². The molecule has 0 aromatic carbocycles. The highest BCUT2D eigenvalue weighted by atomic mass is 79.9. The Morgan fingerprint density at radius 2 is 1.10 bits per heavy atom. The molecule has 20 heavy (non-hydrogen) atoms. The van der Waals surface area contributed by atoms with Crippen molar-refractivity contribution in [2.24, 2.45) is 0 Å². The molecule has 4 nitrogen and oxygen atoms in total. The third kappa shape index (κ3) is 2.72. The van der Waals surface area contributed by atoms with Crippen molar-refractivity contribution in [2.75, 3.05) is 0 Å². The molecule has 0 aliphatic carbocycles. The van der Waals surface area contributed by atoms with Crippen molar-refractivity contribution in [3.05, 3.63) is 34.9 Å². The number of aryl methyl sites for hydroxylation is 4. The van der Waals surface area contributed by atoms with E-state index in [0.717, 1.165) is 26.2 Å². The molecule has 2 aromatic heterocycles. The number of nitrogens with zero attached hydrogens (tertiary/aromatic N) is 4. The highest BCUT2D eigenvalue weighted by Gasteiger charge is 2.26. The zero-order valence-electron chi connectivity index (χ0n) is 12.5. The first-order chi connectivity index (χ1) is 8.58. The van der Waals surface area contributed by atoms with Crippen LogP contribution in [0.1, 0.15) is 22.8 Å². The Hall–Kier alpha value is -0.620. The van der Waals surface area contributed by atoms with Crippen molar-refractivity contribution in [2.45, 2.75) is 53.9 Å². The maximum absolute atomic E-state index is 2.41. The van der Waals surface area contributed by atoms with Gasteiger partial charge < -0.3 is 34.0 Å². The van der Waals surface area contributed by atoms with E-state index >= 15 is 0 Å². The molecule has 3 rings (SSSR count). The molecule has 0 atom stereocenters. The first-order valence-electron chi connectivity index (χ1n) is 6.71. The van der Waals surface area contributed by atoms with Gasteiger partial charge in [-0.05, 0) is 13.8 Å². The highest BCUT2D eigenvalue weighted by molar-refractivity contribution is 5.03. The Kier molecular flexibility index (Phi) is 5.61. The van der Waals surface area contributed by atoms with Crippen LogP contribution in [-0.2, 0) is 26.2 Å². The lowest BCUT2D eigenvalue weighted by Gasteiger charge is -2.11. The molecule has 1 aliphatic rings. The summed E-state index contributed by atoms with van der Waals surface area (Å²) in [7, 11) is 0. The van der Waals surface area contributed by atoms with E-state index in [2.05, 4.69) is 58.6 Å². The van der Waals surface area contributed by atoms with Crippen LogP contribution in [0.25, 0.3) is 0 Å². The SMILES string of the molecule is Cc1cc(C)[n+]2n1CC[n+]1c(C)cc(C)n1CC2.[Br-].[Br-]. The fraction of sp³-hybridized carbons (Fsp3) is 0.571. The van der Waals surface area contributed by atoms with Crippen LogP contribution in [0.4, 0.5) is 0 Å². The van der Waals surface area contributed by atoms with Crippen LogP contribution in [0.15, 0.2) is 12.1 Å². The molecule has 1 aliphatic heterocycles. The van der Waals surface area contributed by atoms with Gasteiger partial charge in [0.1, 0.15) is 13.1 Å². The maximum atomic E-state index is 2.41. The van der Waals surface area contributed by atoms with Crippen LogP contribution in [0.5, 0.6) is 0 Å². The Labute approximate surface area is 141 Å². The van der Waals surface area contributed by atoms with E-state index in [1.54, 1.807) is 0 Å². The molecular formula is C14H22Br2N4. The smallest absolute Gasteiger partial charge is 0.205 e. The Balaban J connectivity index is 0.000001000. The van der Waals surface area contributed by atoms with Gasteiger partial charge in [0, 0.05) is 26.0 Å². The van der Waals surface area contributed by atoms with E-state index in [-0.39, 0.29) is 34.0 Å². The summed E-state index contributed by atoms with van der Waals surface area (Å²) in [6.07, 6.45) is 0. The van der Waals surface area contributed by atoms with Crippen molar-refractivity contribution < 1.29 is 43.3 Å². The number of hydrogen-bond donors (Lipinski definition) is 0. The van der Waals surface area contributed by atoms with Gasteiger partial charge in [0.2, 0.25) is 11.4 Å². The molecule has 0 amide bonds. The van der Waals surface area contributed by atoms with Crippen LogP contribution in [0.3, 0.4) is 0 Å². The summed E-state index contributed by atoms with van der Waals surface area (Å²) < 4.78 is 9.64. The first-order valence-corrected chi connectivity index (χ1v) is 6.71. The average Bonchev–Trinajstić information content (AvgIpc) is 2.65.